The maximum absolute atomic E-state index is 4.42. The van der Waals surface area contributed by atoms with E-state index in [1.165, 1.54) is 18.4 Å². The van der Waals surface area contributed by atoms with Crippen LogP contribution in [0.25, 0.3) is 0 Å². The number of nitrogens with one attached hydrogen (secondary N) is 2. The molecule has 1 saturated heterocycles. The molecular formula is C15H20N4. The Balaban J connectivity index is 1.47. The van der Waals surface area contributed by atoms with Crippen LogP contribution in [-0.4, -0.2) is 29.1 Å². The quantitative estimate of drug-likeness (QED) is 0.881. The van der Waals surface area contributed by atoms with E-state index in [0.29, 0.717) is 6.04 Å². The van der Waals surface area contributed by atoms with E-state index in [4.69, 9.17) is 0 Å². The summed E-state index contributed by atoms with van der Waals surface area (Å²) in [5.41, 5.74) is 1.33. The lowest BCUT2D eigenvalue weighted by molar-refractivity contribution is 0.413. The van der Waals surface area contributed by atoms with Gasteiger partial charge in [0, 0.05) is 44.3 Å². The number of rotatable bonds is 4. The number of aromatic nitrogens is 2. The molecule has 0 bridgehead atoms. The summed E-state index contributed by atoms with van der Waals surface area (Å²) in [7, 11) is 0. The van der Waals surface area contributed by atoms with Gasteiger partial charge in [-0.25, -0.2) is 4.98 Å². The lowest BCUT2D eigenvalue weighted by Crippen LogP contribution is -2.42. The van der Waals surface area contributed by atoms with Crippen LogP contribution in [0.15, 0.2) is 42.9 Å². The van der Waals surface area contributed by atoms with Gasteiger partial charge in [-0.15, -0.1) is 0 Å². The zero-order valence-electron chi connectivity index (χ0n) is 11.0. The minimum absolute atomic E-state index is 0.620. The molecule has 3 heterocycles. The second-order valence-corrected chi connectivity index (χ2v) is 5.05. The monoisotopic (exact) mass is 256 g/mol. The standard InChI is InChI=1S/C15H20N4/c1-2-7-17-15(3-1)19-9-5-14(6-10-19)18-12-13-4-8-16-11-13/h1-4,7-8,11,14,16,18H,5-6,9-10,12H2. The smallest absolute Gasteiger partial charge is 0.128 e. The highest BCUT2D eigenvalue weighted by atomic mass is 15.2. The fourth-order valence-electron chi connectivity index (χ4n) is 2.58. The summed E-state index contributed by atoms with van der Waals surface area (Å²) in [6.45, 7) is 3.13. The van der Waals surface area contributed by atoms with Gasteiger partial charge < -0.3 is 15.2 Å². The molecule has 1 aliphatic heterocycles. The predicted octanol–water partition coefficient (Wildman–Crippen LogP) is 2.17. The molecule has 1 aliphatic rings. The van der Waals surface area contributed by atoms with Crippen LogP contribution in [-0.2, 0) is 6.54 Å². The van der Waals surface area contributed by atoms with Gasteiger partial charge in [-0.1, -0.05) is 6.07 Å². The first-order chi connectivity index (χ1) is 9.42. The largest absolute Gasteiger partial charge is 0.367 e. The summed E-state index contributed by atoms with van der Waals surface area (Å²) in [6, 6.07) is 8.85. The zero-order valence-corrected chi connectivity index (χ0v) is 11.0. The molecule has 1 fully saturated rings. The maximum atomic E-state index is 4.42. The van der Waals surface area contributed by atoms with Crippen molar-refractivity contribution in [2.45, 2.75) is 25.4 Å². The number of piperidine rings is 1. The number of nitrogens with zero attached hydrogens (tertiary/aromatic N) is 2. The molecule has 100 valence electrons. The fraction of sp³-hybridized carbons (Fsp3) is 0.400. The van der Waals surface area contributed by atoms with Crippen LogP contribution in [0, 0.1) is 0 Å². The van der Waals surface area contributed by atoms with E-state index in [1.807, 2.05) is 18.5 Å². The van der Waals surface area contributed by atoms with Crippen LogP contribution in [0.2, 0.25) is 0 Å². The van der Waals surface area contributed by atoms with E-state index < -0.39 is 0 Å². The first-order valence-corrected chi connectivity index (χ1v) is 6.93. The van der Waals surface area contributed by atoms with Crippen molar-refractivity contribution >= 4 is 5.82 Å². The van der Waals surface area contributed by atoms with E-state index in [-0.39, 0.29) is 0 Å². The van der Waals surface area contributed by atoms with Gasteiger partial charge in [0.2, 0.25) is 0 Å². The number of hydrogen-bond acceptors (Lipinski definition) is 3. The second kappa shape index (κ2) is 5.89. The number of anilines is 1. The summed E-state index contributed by atoms with van der Waals surface area (Å²) < 4.78 is 0. The molecule has 2 N–H and O–H groups in total. The lowest BCUT2D eigenvalue weighted by atomic mass is 10.0. The van der Waals surface area contributed by atoms with Crippen molar-refractivity contribution in [3.8, 4) is 0 Å². The number of hydrogen-bond donors (Lipinski definition) is 2. The second-order valence-electron chi connectivity index (χ2n) is 5.05. The van der Waals surface area contributed by atoms with Gasteiger partial charge >= 0.3 is 0 Å². The van der Waals surface area contributed by atoms with Crippen molar-refractivity contribution in [2.75, 3.05) is 18.0 Å². The number of pyridine rings is 1. The summed E-state index contributed by atoms with van der Waals surface area (Å²) in [6.07, 6.45) is 8.25. The molecular weight excluding hydrogens is 236 g/mol. The van der Waals surface area contributed by atoms with Gasteiger partial charge in [-0.05, 0) is 36.6 Å². The lowest BCUT2D eigenvalue weighted by Gasteiger charge is -2.33. The fourth-order valence-corrected chi connectivity index (χ4v) is 2.58. The van der Waals surface area contributed by atoms with Crippen LogP contribution in [0.3, 0.4) is 0 Å². The van der Waals surface area contributed by atoms with Crippen molar-refractivity contribution in [3.63, 3.8) is 0 Å². The zero-order chi connectivity index (χ0) is 12.9. The highest BCUT2D eigenvalue weighted by Crippen LogP contribution is 2.17. The molecule has 4 heteroatoms. The highest BCUT2D eigenvalue weighted by molar-refractivity contribution is 5.38. The molecule has 0 unspecified atom stereocenters. The molecule has 2 aromatic heterocycles. The average molecular weight is 256 g/mol. The van der Waals surface area contributed by atoms with Gasteiger partial charge in [0.25, 0.3) is 0 Å². The Morgan fingerprint density at radius 3 is 2.84 bits per heavy atom. The Bertz CT molecular complexity index is 472. The Hall–Kier alpha value is -1.81. The summed E-state index contributed by atoms with van der Waals surface area (Å²) in [5.74, 6) is 1.10. The summed E-state index contributed by atoms with van der Waals surface area (Å²) in [5, 5.41) is 3.63. The van der Waals surface area contributed by atoms with Gasteiger partial charge in [-0.2, -0.15) is 0 Å². The third kappa shape index (κ3) is 3.15. The first kappa shape index (κ1) is 12.2. The number of H-pyrrole nitrogens is 1. The van der Waals surface area contributed by atoms with Crippen molar-refractivity contribution < 1.29 is 0 Å². The van der Waals surface area contributed by atoms with Crippen molar-refractivity contribution in [3.05, 3.63) is 48.4 Å². The van der Waals surface area contributed by atoms with Crippen LogP contribution in [0.1, 0.15) is 18.4 Å². The van der Waals surface area contributed by atoms with Crippen molar-refractivity contribution in [2.24, 2.45) is 0 Å². The van der Waals surface area contributed by atoms with Crippen molar-refractivity contribution in [1.29, 1.82) is 0 Å². The first-order valence-electron chi connectivity index (χ1n) is 6.93. The summed E-state index contributed by atoms with van der Waals surface area (Å²) >= 11 is 0. The third-order valence-electron chi connectivity index (χ3n) is 3.73. The van der Waals surface area contributed by atoms with E-state index in [1.54, 1.807) is 0 Å². The summed E-state index contributed by atoms with van der Waals surface area (Å²) in [4.78, 5) is 9.87. The third-order valence-corrected chi connectivity index (χ3v) is 3.73. The van der Waals surface area contributed by atoms with Gasteiger partial charge in [-0.3, -0.25) is 0 Å². The minimum atomic E-state index is 0.620. The molecule has 0 spiro atoms. The molecule has 3 rings (SSSR count). The Labute approximate surface area is 113 Å². The average Bonchev–Trinajstić information content (AvgIpc) is 3.00. The van der Waals surface area contributed by atoms with E-state index in [0.717, 1.165) is 25.5 Å². The highest BCUT2D eigenvalue weighted by Gasteiger charge is 2.19. The van der Waals surface area contributed by atoms with Gasteiger partial charge in [0.1, 0.15) is 5.82 Å². The van der Waals surface area contributed by atoms with Crippen LogP contribution in [0.5, 0.6) is 0 Å². The maximum Gasteiger partial charge on any atom is 0.128 e. The number of aromatic amines is 1. The van der Waals surface area contributed by atoms with Gasteiger partial charge in [0.15, 0.2) is 0 Å². The molecule has 0 radical (unpaired) electrons. The SMILES string of the molecule is c1ccc(N2CCC(NCc3cc[nH]c3)CC2)nc1. The molecule has 0 amide bonds. The molecule has 0 aliphatic carbocycles. The molecule has 19 heavy (non-hydrogen) atoms. The van der Waals surface area contributed by atoms with Gasteiger partial charge in [0.05, 0.1) is 0 Å². The topological polar surface area (TPSA) is 44.0 Å². The molecule has 2 aromatic rings. The predicted molar refractivity (Wildman–Crippen MR) is 77.1 cm³/mol. The normalized spacial score (nSPS) is 16.7. The van der Waals surface area contributed by atoms with Crippen LogP contribution >= 0.6 is 0 Å². The van der Waals surface area contributed by atoms with Crippen LogP contribution in [0.4, 0.5) is 5.82 Å². The van der Waals surface area contributed by atoms with Crippen LogP contribution < -0.4 is 10.2 Å². The van der Waals surface area contributed by atoms with E-state index in [9.17, 15) is 0 Å². The Kier molecular flexibility index (Phi) is 3.79. The Morgan fingerprint density at radius 2 is 2.16 bits per heavy atom. The molecule has 0 aromatic carbocycles. The Morgan fingerprint density at radius 1 is 1.26 bits per heavy atom. The van der Waals surface area contributed by atoms with Crippen molar-refractivity contribution in [1.82, 2.24) is 15.3 Å². The molecule has 4 nitrogen and oxygen atoms in total. The molecule has 0 atom stereocenters. The van der Waals surface area contributed by atoms with E-state index in [2.05, 4.69) is 44.6 Å². The van der Waals surface area contributed by atoms with E-state index >= 15 is 0 Å². The minimum Gasteiger partial charge on any atom is -0.367 e. The molecule has 0 saturated carbocycles.